The Balaban J connectivity index is 1.82. The van der Waals surface area contributed by atoms with E-state index in [0.717, 1.165) is 29.8 Å². The molecule has 1 saturated heterocycles. The standard InChI is InChI=1S/C28H35N3O2/c1-28(2,3)20-16-25(32)27(26(33)17-20)31-23(18-6-10-21(29-4)11-7-18)14-15-24(31)19-8-12-22(30-5)13-9-19/h6-13,16-17,23-24,29-30,32-33H,14-15H2,1-5H3/t23-,24?/m0/s1. The van der Waals surface area contributed by atoms with Gasteiger partial charge in [0.1, 0.15) is 17.2 Å². The van der Waals surface area contributed by atoms with E-state index >= 15 is 0 Å². The van der Waals surface area contributed by atoms with Gasteiger partial charge in [0.05, 0.1) is 12.1 Å². The number of aromatic hydroxyl groups is 2. The minimum atomic E-state index is -0.177. The lowest BCUT2D eigenvalue weighted by Crippen LogP contribution is -2.26. The zero-order valence-electron chi connectivity index (χ0n) is 20.2. The van der Waals surface area contributed by atoms with Gasteiger partial charge < -0.3 is 25.7 Å². The first kappa shape index (κ1) is 22.8. The third-order valence-electron chi connectivity index (χ3n) is 6.75. The van der Waals surface area contributed by atoms with Crippen LogP contribution in [-0.4, -0.2) is 24.3 Å². The Morgan fingerprint density at radius 3 is 1.45 bits per heavy atom. The molecular weight excluding hydrogens is 410 g/mol. The van der Waals surface area contributed by atoms with E-state index in [4.69, 9.17) is 0 Å². The zero-order valence-corrected chi connectivity index (χ0v) is 20.2. The van der Waals surface area contributed by atoms with Crippen LogP contribution in [-0.2, 0) is 5.41 Å². The minimum Gasteiger partial charge on any atom is -0.506 e. The van der Waals surface area contributed by atoms with Crippen LogP contribution in [0.3, 0.4) is 0 Å². The molecule has 4 rings (SSSR count). The van der Waals surface area contributed by atoms with Crippen molar-refractivity contribution in [2.75, 3.05) is 29.6 Å². The van der Waals surface area contributed by atoms with Gasteiger partial charge in [0.15, 0.2) is 0 Å². The molecule has 0 saturated carbocycles. The highest BCUT2D eigenvalue weighted by atomic mass is 16.3. The van der Waals surface area contributed by atoms with Gasteiger partial charge in [0.2, 0.25) is 0 Å². The number of hydrogen-bond donors (Lipinski definition) is 4. The van der Waals surface area contributed by atoms with Gasteiger partial charge in [-0.05, 0) is 71.3 Å². The first-order chi connectivity index (χ1) is 15.7. The number of phenolic OH excluding ortho intramolecular Hbond substituents is 2. The van der Waals surface area contributed by atoms with Crippen molar-refractivity contribution in [2.24, 2.45) is 0 Å². The maximum absolute atomic E-state index is 11.2. The number of hydrogen-bond acceptors (Lipinski definition) is 5. The fourth-order valence-corrected chi connectivity index (χ4v) is 4.82. The van der Waals surface area contributed by atoms with Crippen LogP contribution in [0.2, 0.25) is 0 Å². The lowest BCUT2D eigenvalue weighted by molar-refractivity contribution is 0.438. The Morgan fingerprint density at radius 1 is 0.727 bits per heavy atom. The molecule has 0 aromatic heterocycles. The Morgan fingerprint density at radius 2 is 1.12 bits per heavy atom. The van der Waals surface area contributed by atoms with Crippen molar-refractivity contribution >= 4 is 17.1 Å². The van der Waals surface area contributed by atoms with Crippen LogP contribution >= 0.6 is 0 Å². The fourth-order valence-electron chi connectivity index (χ4n) is 4.82. The summed E-state index contributed by atoms with van der Waals surface area (Å²) in [6.45, 7) is 6.24. The predicted molar refractivity (Wildman–Crippen MR) is 138 cm³/mol. The molecule has 3 aromatic carbocycles. The lowest BCUT2D eigenvalue weighted by atomic mass is 9.86. The highest BCUT2D eigenvalue weighted by Crippen LogP contribution is 2.53. The number of rotatable bonds is 5. The fraction of sp³-hybridized carbons (Fsp3) is 0.357. The molecule has 0 spiro atoms. The molecule has 0 bridgehead atoms. The van der Waals surface area contributed by atoms with Gasteiger partial charge in [-0.25, -0.2) is 0 Å². The summed E-state index contributed by atoms with van der Waals surface area (Å²) in [5.74, 6) is 0.242. The van der Waals surface area contributed by atoms with Gasteiger partial charge in [0, 0.05) is 25.5 Å². The van der Waals surface area contributed by atoms with Crippen LogP contribution in [0.5, 0.6) is 11.5 Å². The molecule has 5 nitrogen and oxygen atoms in total. The third kappa shape index (κ3) is 4.45. The van der Waals surface area contributed by atoms with Crippen molar-refractivity contribution in [3.05, 3.63) is 77.4 Å². The molecule has 4 N–H and O–H groups in total. The number of nitrogens with one attached hydrogen (secondary N) is 2. The van der Waals surface area contributed by atoms with Crippen molar-refractivity contribution in [3.63, 3.8) is 0 Å². The third-order valence-corrected chi connectivity index (χ3v) is 6.75. The molecular formula is C28H35N3O2. The predicted octanol–water partition coefficient (Wildman–Crippen LogP) is 6.56. The topological polar surface area (TPSA) is 67.8 Å². The maximum atomic E-state index is 11.2. The summed E-state index contributed by atoms with van der Waals surface area (Å²) in [7, 11) is 3.82. The van der Waals surface area contributed by atoms with Crippen molar-refractivity contribution in [1.82, 2.24) is 0 Å². The number of anilines is 3. The number of phenols is 2. The SMILES string of the molecule is CNc1ccc(C2CC[C@@H](c3ccc(NC)cc3)N2c2c(O)cc(C(C)(C)C)cc2O)cc1. The monoisotopic (exact) mass is 445 g/mol. The van der Waals surface area contributed by atoms with E-state index in [0.29, 0.717) is 5.69 Å². The number of nitrogens with zero attached hydrogens (tertiary/aromatic N) is 1. The lowest BCUT2D eigenvalue weighted by Gasteiger charge is -2.35. The van der Waals surface area contributed by atoms with Crippen molar-refractivity contribution < 1.29 is 10.2 Å². The molecule has 2 atom stereocenters. The summed E-state index contributed by atoms with van der Waals surface area (Å²) in [6, 6.07) is 20.5. The molecule has 0 amide bonds. The van der Waals surface area contributed by atoms with E-state index in [9.17, 15) is 10.2 Å². The molecule has 174 valence electrons. The molecule has 1 aliphatic heterocycles. The largest absolute Gasteiger partial charge is 0.506 e. The summed E-state index contributed by atoms with van der Waals surface area (Å²) in [4.78, 5) is 2.21. The zero-order chi connectivity index (χ0) is 23.8. The molecule has 1 heterocycles. The second-order valence-corrected chi connectivity index (χ2v) is 9.87. The van der Waals surface area contributed by atoms with E-state index in [-0.39, 0.29) is 29.0 Å². The number of benzene rings is 3. The Kier molecular flexibility index (Phi) is 6.15. The van der Waals surface area contributed by atoms with Crippen molar-refractivity contribution in [2.45, 2.75) is 51.1 Å². The molecule has 1 aliphatic rings. The molecule has 3 aromatic rings. The van der Waals surface area contributed by atoms with Crippen LogP contribution in [0.25, 0.3) is 0 Å². The van der Waals surface area contributed by atoms with Crippen LogP contribution in [0.4, 0.5) is 17.1 Å². The Labute approximate surface area is 197 Å². The van der Waals surface area contributed by atoms with Gasteiger partial charge >= 0.3 is 0 Å². The van der Waals surface area contributed by atoms with Crippen LogP contribution in [0, 0.1) is 0 Å². The van der Waals surface area contributed by atoms with Gasteiger partial charge in [-0.15, -0.1) is 0 Å². The van der Waals surface area contributed by atoms with E-state index in [1.165, 1.54) is 11.1 Å². The molecule has 0 aliphatic carbocycles. The van der Waals surface area contributed by atoms with Gasteiger partial charge in [-0.3, -0.25) is 0 Å². The summed E-state index contributed by atoms with van der Waals surface area (Å²) in [6.07, 6.45) is 1.86. The maximum Gasteiger partial charge on any atom is 0.143 e. The van der Waals surface area contributed by atoms with Gasteiger partial charge in [0.25, 0.3) is 0 Å². The molecule has 0 radical (unpaired) electrons. The van der Waals surface area contributed by atoms with Crippen molar-refractivity contribution in [3.8, 4) is 11.5 Å². The van der Waals surface area contributed by atoms with Crippen LogP contribution < -0.4 is 15.5 Å². The molecule has 5 heteroatoms. The summed E-state index contributed by atoms with van der Waals surface area (Å²) in [5, 5.41) is 28.7. The second-order valence-electron chi connectivity index (χ2n) is 9.87. The first-order valence-electron chi connectivity index (χ1n) is 11.6. The Bertz CT molecular complexity index is 1020. The van der Waals surface area contributed by atoms with E-state index in [1.54, 1.807) is 12.1 Å². The van der Waals surface area contributed by atoms with Crippen LogP contribution in [0.1, 0.15) is 62.4 Å². The van der Waals surface area contributed by atoms with Gasteiger partial charge in [-0.2, -0.15) is 0 Å². The second kappa shape index (κ2) is 8.89. The van der Waals surface area contributed by atoms with E-state index in [2.05, 4.69) is 84.8 Å². The normalized spacial score (nSPS) is 18.4. The smallest absolute Gasteiger partial charge is 0.143 e. The minimum absolute atomic E-state index is 0.0437. The van der Waals surface area contributed by atoms with Gasteiger partial charge in [-0.1, -0.05) is 45.0 Å². The highest BCUT2D eigenvalue weighted by molar-refractivity contribution is 5.71. The average Bonchev–Trinajstić information content (AvgIpc) is 3.22. The highest BCUT2D eigenvalue weighted by Gasteiger charge is 2.38. The quantitative estimate of drug-likeness (QED) is 0.358. The van der Waals surface area contributed by atoms with E-state index in [1.807, 2.05) is 14.1 Å². The van der Waals surface area contributed by atoms with Crippen molar-refractivity contribution in [1.29, 1.82) is 0 Å². The van der Waals surface area contributed by atoms with E-state index < -0.39 is 0 Å². The average molecular weight is 446 g/mol. The summed E-state index contributed by atoms with van der Waals surface area (Å²) in [5.41, 5.74) is 5.69. The molecule has 1 fully saturated rings. The Hall–Kier alpha value is -3.34. The molecule has 33 heavy (non-hydrogen) atoms. The first-order valence-corrected chi connectivity index (χ1v) is 11.6. The van der Waals surface area contributed by atoms with Crippen LogP contribution in [0.15, 0.2) is 60.7 Å². The summed E-state index contributed by atoms with van der Waals surface area (Å²) >= 11 is 0. The molecule has 1 unspecified atom stereocenters. The summed E-state index contributed by atoms with van der Waals surface area (Å²) < 4.78 is 0.